The van der Waals surface area contributed by atoms with E-state index in [1.54, 1.807) is 45.9 Å². The van der Waals surface area contributed by atoms with Crippen molar-refractivity contribution in [2.75, 3.05) is 5.32 Å². The fourth-order valence-corrected chi connectivity index (χ4v) is 2.78. The Bertz CT molecular complexity index is 1050. The van der Waals surface area contributed by atoms with Crippen LogP contribution in [0.3, 0.4) is 0 Å². The fourth-order valence-electron chi connectivity index (χ4n) is 2.78. The van der Waals surface area contributed by atoms with Crippen molar-refractivity contribution >= 4 is 28.7 Å². The molecule has 1 aromatic carbocycles. The summed E-state index contributed by atoms with van der Waals surface area (Å²) in [5, 5.41) is 2.73. The Labute approximate surface area is 148 Å². The molecule has 136 valence electrons. The molecule has 8 nitrogen and oxygen atoms in total. The number of hydrogen-bond acceptors (Lipinski definition) is 5. The highest BCUT2D eigenvalue weighted by molar-refractivity contribution is 6.07. The monoisotopic (exact) mass is 357 g/mol. The summed E-state index contributed by atoms with van der Waals surface area (Å²) in [4.78, 5) is 41.5. The number of hydrogen-bond donors (Lipinski definition) is 3. The average Bonchev–Trinajstić information content (AvgIpc) is 3.04. The van der Waals surface area contributed by atoms with Crippen molar-refractivity contribution in [3.63, 3.8) is 0 Å². The molecular formula is C18H19N3O5. The number of carbonyl (C=O) groups is 2. The molecule has 3 rings (SSSR count). The lowest BCUT2D eigenvalue weighted by Gasteiger charge is -2.08. The van der Waals surface area contributed by atoms with E-state index >= 15 is 0 Å². The number of amides is 1. The first-order valence-electron chi connectivity index (χ1n) is 8.10. The smallest absolute Gasteiger partial charge is 0.417 e. The Kier molecular flexibility index (Phi) is 4.41. The highest BCUT2D eigenvalue weighted by Gasteiger charge is 2.23. The van der Waals surface area contributed by atoms with Gasteiger partial charge in [-0.2, -0.15) is 0 Å². The molecule has 3 aromatic rings. The number of nitrogens with one attached hydrogen (secondary N) is 3. The average molecular weight is 357 g/mol. The van der Waals surface area contributed by atoms with Crippen LogP contribution in [0.15, 0.2) is 27.4 Å². The van der Waals surface area contributed by atoms with Crippen molar-refractivity contribution in [1.82, 2.24) is 9.97 Å². The number of ether oxygens (including phenoxy) is 1. The van der Waals surface area contributed by atoms with Crippen molar-refractivity contribution in [2.45, 2.75) is 33.8 Å². The molecule has 0 bridgehead atoms. The summed E-state index contributed by atoms with van der Waals surface area (Å²) in [6, 6.07) is 4.80. The first-order chi connectivity index (χ1) is 12.3. The minimum atomic E-state index is -0.562. The number of benzene rings is 1. The highest BCUT2D eigenvalue weighted by Crippen LogP contribution is 2.22. The van der Waals surface area contributed by atoms with Gasteiger partial charge < -0.3 is 19.5 Å². The van der Waals surface area contributed by atoms with Crippen LogP contribution >= 0.6 is 0 Å². The van der Waals surface area contributed by atoms with Crippen LogP contribution in [0, 0.1) is 13.8 Å². The molecule has 8 heteroatoms. The summed E-state index contributed by atoms with van der Waals surface area (Å²) < 4.78 is 10.2. The maximum Gasteiger partial charge on any atom is 0.417 e. The van der Waals surface area contributed by atoms with Crippen molar-refractivity contribution < 1.29 is 18.7 Å². The van der Waals surface area contributed by atoms with Crippen LogP contribution in [-0.4, -0.2) is 27.9 Å². The zero-order chi connectivity index (χ0) is 19.0. The molecule has 0 radical (unpaired) electrons. The number of anilines is 1. The van der Waals surface area contributed by atoms with Crippen LogP contribution in [0.2, 0.25) is 0 Å². The zero-order valence-corrected chi connectivity index (χ0v) is 14.9. The van der Waals surface area contributed by atoms with Gasteiger partial charge in [-0.3, -0.25) is 9.78 Å². The molecule has 0 fully saturated rings. The second kappa shape index (κ2) is 6.55. The number of aromatic nitrogens is 2. The molecule has 0 saturated heterocycles. The van der Waals surface area contributed by atoms with E-state index in [-0.39, 0.29) is 11.8 Å². The van der Waals surface area contributed by atoms with E-state index in [4.69, 9.17) is 9.15 Å². The van der Waals surface area contributed by atoms with Crippen molar-refractivity contribution in [1.29, 1.82) is 0 Å². The standard InChI is InChI=1S/C18H19N3O5/c1-8(2)25-17(23)14-9(3)15(19-10(14)4)16(22)20-11-5-6-13-12(7-11)21-18(24)26-13/h5-8,19H,1-4H3,(H,20,22)(H,21,24). The Morgan fingerprint density at radius 2 is 1.92 bits per heavy atom. The molecule has 0 aliphatic rings. The van der Waals surface area contributed by atoms with E-state index in [0.29, 0.717) is 33.6 Å². The number of H-pyrrole nitrogens is 2. The zero-order valence-electron chi connectivity index (χ0n) is 14.9. The lowest BCUT2D eigenvalue weighted by Crippen LogP contribution is -2.15. The maximum absolute atomic E-state index is 12.6. The fraction of sp³-hybridized carbons (Fsp3) is 0.278. The van der Waals surface area contributed by atoms with Crippen molar-refractivity contribution in [2.24, 2.45) is 0 Å². The van der Waals surface area contributed by atoms with Gasteiger partial charge in [-0.25, -0.2) is 9.59 Å². The number of aromatic amines is 2. The first kappa shape index (κ1) is 17.5. The third-order valence-corrected chi connectivity index (χ3v) is 3.89. The van der Waals surface area contributed by atoms with Crippen molar-refractivity contribution in [3.05, 3.63) is 51.3 Å². The van der Waals surface area contributed by atoms with Crippen LogP contribution in [0.4, 0.5) is 5.69 Å². The quantitative estimate of drug-likeness (QED) is 0.621. The summed E-state index contributed by atoms with van der Waals surface area (Å²) in [6.45, 7) is 6.92. The number of esters is 1. The number of carbonyl (C=O) groups excluding carboxylic acids is 2. The molecule has 2 heterocycles. The molecule has 3 N–H and O–H groups in total. The Balaban J connectivity index is 1.87. The molecule has 0 atom stereocenters. The van der Waals surface area contributed by atoms with Gasteiger partial charge in [-0.1, -0.05) is 0 Å². The van der Waals surface area contributed by atoms with Gasteiger partial charge in [0.15, 0.2) is 5.58 Å². The molecule has 2 aromatic heterocycles. The molecule has 0 spiro atoms. The van der Waals surface area contributed by atoms with Gasteiger partial charge >= 0.3 is 11.7 Å². The number of oxazole rings is 1. The number of rotatable bonds is 4. The molecule has 0 saturated carbocycles. The van der Waals surface area contributed by atoms with Crippen LogP contribution in [0.5, 0.6) is 0 Å². The molecule has 1 amide bonds. The maximum atomic E-state index is 12.6. The highest BCUT2D eigenvalue weighted by atomic mass is 16.5. The van der Waals surface area contributed by atoms with Crippen LogP contribution in [0.25, 0.3) is 11.1 Å². The van der Waals surface area contributed by atoms with E-state index in [1.807, 2.05) is 0 Å². The third-order valence-electron chi connectivity index (χ3n) is 3.89. The van der Waals surface area contributed by atoms with E-state index in [1.165, 1.54) is 0 Å². The predicted molar refractivity (Wildman–Crippen MR) is 95.6 cm³/mol. The van der Waals surface area contributed by atoms with Gasteiger partial charge in [0.2, 0.25) is 0 Å². The summed E-state index contributed by atoms with van der Waals surface area (Å²) in [5.41, 5.74) is 3.08. The molecule has 26 heavy (non-hydrogen) atoms. The predicted octanol–water partition coefficient (Wildman–Crippen LogP) is 2.88. The Hall–Kier alpha value is -3.29. The molecule has 0 aliphatic carbocycles. The third kappa shape index (κ3) is 3.26. The van der Waals surface area contributed by atoms with Gasteiger partial charge in [0.05, 0.1) is 17.2 Å². The molecular weight excluding hydrogens is 338 g/mol. The van der Waals surface area contributed by atoms with E-state index < -0.39 is 17.6 Å². The minimum Gasteiger partial charge on any atom is -0.459 e. The normalized spacial score (nSPS) is 11.1. The van der Waals surface area contributed by atoms with E-state index in [9.17, 15) is 14.4 Å². The van der Waals surface area contributed by atoms with E-state index in [0.717, 1.165) is 0 Å². The van der Waals surface area contributed by atoms with Gasteiger partial charge in [-0.05, 0) is 51.5 Å². The minimum absolute atomic E-state index is 0.252. The lowest BCUT2D eigenvalue weighted by molar-refractivity contribution is 0.0376. The van der Waals surface area contributed by atoms with Crippen LogP contribution < -0.4 is 11.1 Å². The molecule has 0 aliphatic heterocycles. The lowest BCUT2D eigenvalue weighted by atomic mass is 10.1. The number of fused-ring (bicyclic) bond motifs is 1. The summed E-state index contributed by atoms with van der Waals surface area (Å²) in [7, 11) is 0. The van der Waals surface area contributed by atoms with Crippen LogP contribution in [0.1, 0.15) is 46.0 Å². The summed E-state index contributed by atoms with van der Waals surface area (Å²) >= 11 is 0. The Morgan fingerprint density at radius 3 is 2.62 bits per heavy atom. The van der Waals surface area contributed by atoms with Gasteiger partial charge in [0.1, 0.15) is 5.69 Å². The van der Waals surface area contributed by atoms with Crippen LogP contribution in [-0.2, 0) is 4.74 Å². The largest absolute Gasteiger partial charge is 0.459 e. The summed E-state index contributed by atoms with van der Waals surface area (Å²) in [6.07, 6.45) is -0.252. The number of aryl methyl sites for hydroxylation is 1. The van der Waals surface area contributed by atoms with Gasteiger partial charge in [-0.15, -0.1) is 0 Å². The van der Waals surface area contributed by atoms with Crippen molar-refractivity contribution in [3.8, 4) is 0 Å². The topological polar surface area (TPSA) is 117 Å². The van der Waals surface area contributed by atoms with Gasteiger partial charge in [0.25, 0.3) is 5.91 Å². The van der Waals surface area contributed by atoms with E-state index in [2.05, 4.69) is 15.3 Å². The first-order valence-corrected chi connectivity index (χ1v) is 8.10. The second-order valence-electron chi connectivity index (χ2n) is 6.26. The Morgan fingerprint density at radius 1 is 1.19 bits per heavy atom. The molecule has 0 unspecified atom stereocenters. The second-order valence-corrected chi connectivity index (χ2v) is 6.26. The van der Waals surface area contributed by atoms with Gasteiger partial charge in [0, 0.05) is 11.4 Å². The SMILES string of the molecule is Cc1[nH]c(C(=O)Nc2ccc3oc(=O)[nH]c3c2)c(C)c1C(=O)OC(C)C. The summed E-state index contributed by atoms with van der Waals surface area (Å²) in [5.74, 6) is -1.44.